The van der Waals surface area contributed by atoms with Gasteiger partial charge in [0.1, 0.15) is 11.9 Å². The smallest absolute Gasteiger partial charge is 0.249 e. The molecule has 0 saturated carbocycles. The van der Waals surface area contributed by atoms with E-state index in [1.165, 1.54) is 12.1 Å². The first-order valence-corrected chi connectivity index (χ1v) is 8.52. The molecule has 130 valence electrons. The highest BCUT2D eigenvalue weighted by Gasteiger charge is 2.34. The van der Waals surface area contributed by atoms with Crippen molar-refractivity contribution < 1.29 is 14.0 Å². The van der Waals surface area contributed by atoms with Gasteiger partial charge in [0.05, 0.1) is 5.92 Å². The van der Waals surface area contributed by atoms with Crippen LogP contribution in [0.25, 0.3) is 0 Å². The monoisotopic (exact) mass is 340 g/mol. The second kappa shape index (κ2) is 7.47. The Morgan fingerprint density at radius 3 is 2.52 bits per heavy atom. The van der Waals surface area contributed by atoms with Gasteiger partial charge in [-0.2, -0.15) is 0 Å². The summed E-state index contributed by atoms with van der Waals surface area (Å²) in [6, 6.07) is 14.9. The van der Waals surface area contributed by atoms with Gasteiger partial charge >= 0.3 is 0 Å². The van der Waals surface area contributed by atoms with E-state index in [1.54, 1.807) is 17.0 Å². The summed E-state index contributed by atoms with van der Waals surface area (Å²) >= 11 is 0. The Morgan fingerprint density at radius 1 is 1.20 bits per heavy atom. The minimum atomic E-state index is -0.532. The lowest BCUT2D eigenvalue weighted by Crippen LogP contribution is -2.43. The first-order chi connectivity index (χ1) is 12.1. The summed E-state index contributed by atoms with van der Waals surface area (Å²) in [6.45, 7) is 2.47. The van der Waals surface area contributed by atoms with Gasteiger partial charge < -0.3 is 10.2 Å². The number of carbonyl (C=O) groups is 2. The number of carbonyl (C=O) groups excluding carboxylic acids is 2. The average molecular weight is 340 g/mol. The van der Waals surface area contributed by atoms with Crippen molar-refractivity contribution in [3.8, 4) is 0 Å². The van der Waals surface area contributed by atoms with Crippen LogP contribution in [0, 0.1) is 5.82 Å². The summed E-state index contributed by atoms with van der Waals surface area (Å²) < 4.78 is 13.0. The highest BCUT2D eigenvalue weighted by Crippen LogP contribution is 2.24. The molecule has 0 unspecified atom stereocenters. The molecule has 1 aliphatic rings. The Hall–Kier alpha value is -2.69. The molecule has 0 spiro atoms. The van der Waals surface area contributed by atoms with Crippen molar-refractivity contribution in [2.45, 2.75) is 31.7 Å². The quantitative estimate of drug-likeness (QED) is 0.908. The van der Waals surface area contributed by atoms with Crippen LogP contribution in [0.3, 0.4) is 0 Å². The predicted molar refractivity (Wildman–Crippen MR) is 94.8 cm³/mol. The van der Waals surface area contributed by atoms with E-state index in [0.717, 1.165) is 5.56 Å². The number of anilines is 1. The van der Waals surface area contributed by atoms with E-state index in [9.17, 15) is 14.0 Å². The van der Waals surface area contributed by atoms with Gasteiger partial charge in [0, 0.05) is 12.2 Å². The normalized spacial score (nSPS) is 18.2. The van der Waals surface area contributed by atoms with Crippen LogP contribution >= 0.6 is 0 Å². The second-order valence-electron chi connectivity index (χ2n) is 6.19. The summed E-state index contributed by atoms with van der Waals surface area (Å²) in [7, 11) is 0. The van der Waals surface area contributed by atoms with Gasteiger partial charge in [-0.3, -0.25) is 9.59 Å². The molecular weight excluding hydrogens is 319 g/mol. The molecule has 5 heteroatoms. The molecule has 0 bridgehead atoms. The van der Waals surface area contributed by atoms with Gasteiger partial charge in [0.15, 0.2) is 0 Å². The molecule has 1 saturated heterocycles. The summed E-state index contributed by atoms with van der Waals surface area (Å²) in [6.07, 6.45) is 1.21. The van der Waals surface area contributed by atoms with Crippen LogP contribution in [0.5, 0.6) is 0 Å². The van der Waals surface area contributed by atoms with E-state index >= 15 is 0 Å². The molecule has 1 heterocycles. The maximum atomic E-state index is 13.0. The van der Waals surface area contributed by atoms with E-state index in [1.807, 2.05) is 37.3 Å². The number of hydrogen-bond donors (Lipinski definition) is 1. The van der Waals surface area contributed by atoms with Gasteiger partial charge in [-0.25, -0.2) is 4.39 Å². The fourth-order valence-electron chi connectivity index (χ4n) is 3.22. The van der Waals surface area contributed by atoms with Crippen molar-refractivity contribution in [1.82, 2.24) is 5.32 Å². The highest BCUT2D eigenvalue weighted by atomic mass is 19.1. The molecule has 2 atom stereocenters. The largest absolute Gasteiger partial charge is 0.344 e. The second-order valence-corrected chi connectivity index (χ2v) is 6.19. The fraction of sp³-hybridized carbons (Fsp3) is 0.300. The highest BCUT2D eigenvalue weighted by molar-refractivity contribution is 6.01. The molecule has 25 heavy (non-hydrogen) atoms. The number of nitrogens with one attached hydrogen (secondary N) is 1. The zero-order chi connectivity index (χ0) is 17.8. The molecule has 1 fully saturated rings. The Balaban J connectivity index is 1.68. The number of amides is 2. The Morgan fingerprint density at radius 2 is 1.88 bits per heavy atom. The SMILES string of the molecule is CC[C@@H](C(=O)N[C@@H]1CCN(c2ccc(F)cc2)C1=O)c1ccccc1. The molecule has 0 aromatic heterocycles. The Bertz CT molecular complexity index is 746. The summed E-state index contributed by atoms with van der Waals surface area (Å²) in [4.78, 5) is 26.8. The molecule has 1 aliphatic heterocycles. The molecule has 2 amide bonds. The lowest BCUT2D eigenvalue weighted by Gasteiger charge is -2.20. The third-order valence-corrected chi connectivity index (χ3v) is 4.59. The minimum absolute atomic E-state index is 0.131. The first kappa shape index (κ1) is 17.1. The standard InChI is InChI=1S/C20H21FN2O2/c1-2-17(14-6-4-3-5-7-14)19(24)22-18-12-13-23(20(18)25)16-10-8-15(21)9-11-16/h3-11,17-18H,2,12-13H2,1H3,(H,22,24)/t17-,18-/m1/s1. The van der Waals surface area contributed by atoms with Crippen molar-refractivity contribution in [2.75, 3.05) is 11.4 Å². The van der Waals surface area contributed by atoms with E-state index in [2.05, 4.69) is 5.32 Å². The zero-order valence-electron chi connectivity index (χ0n) is 14.1. The summed E-state index contributed by atoms with van der Waals surface area (Å²) in [5.41, 5.74) is 1.60. The van der Waals surface area contributed by atoms with Gasteiger partial charge in [-0.1, -0.05) is 37.3 Å². The number of halogens is 1. The van der Waals surface area contributed by atoms with Gasteiger partial charge in [-0.05, 0) is 42.7 Å². The van der Waals surface area contributed by atoms with Crippen molar-refractivity contribution in [1.29, 1.82) is 0 Å². The molecule has 2 aromatic rings. The summed E-state index contributed by atoms with van der Waals surface area (Å²) in [5.74, 6) is -0.890. The van der Waals surface area contributed by atoms with E-state index < -0.39 is 6.04 Å². The first-order valence-electron chi connectivity index (χ1n) is 8.52. The zero-order valence-corrected chi connectivity index (χ0v) is 14.1. The molecule has 0 aliphatic carbocycles. The van der Waals surface area contributed by atoms with Crippen LogP contribution in [0.1, 0.15) is 31.2 Å². The van der Waals surface area contributed by atoms with Crippen molar-refractivity contribution in [2.24, 2.45) is 0 Å². The van der Waals surface area contributed by atoms with Gasteiger partial charge in [0.2, 0.25) is 11.8 Å². The predicted octanol–water partition coefficient (Wildman–Crippen LogP) is 3.24. The maximum Gasteiger partial charge on any atom is 0.249 e. The van der Waals surface area contributed by atoms with Crippen molar-refractivity contribution >= 4 is 17.5 Å². The fourth-order valence-corrected chi connectivity index (χ4v) is 3.22. The third-order valence-electron chi connectivity index (χ3n) is 4.59. The lowest BCUT2D eigenvalue weighted by molar-refractivity contribution is -0.127. The van der Waals surface area contributed by atoms with Crippen LogP contribution in [0.2, 0.25) is 0 Å². The van der Waals surface area contributed by atoms with Crippen LogP contribution in [-0.2, 0) is 9.59 Å². The maximum absolute atomic E-state index is 13.0. The molecule has 3 rings (SSSR count). The van der Waals surface area contributed by atoms with Crippen LogP contribution < -0.4 is 10.2 Å². The summed E-state index contributed by atoms with van der Waals surface area (Å²) in [5, 5.41) is 2.89. The van der Waals surface area contributed by atoms with E-state index in [0.29, 0.717) is 25.1 Å². The van der Waals surface area contributed by atoms with E-state index in [4.69, 9.17) is 0 Å². The van der Waals surface area contributed by atoms with E-state index in [-0.39, 0.29) is 23.5 Å². The molecular formula is C20H21FN2O2. The molecule has 4 nitrogen and oxygen atoms in total. The van der Waals surface area contributed by atoms with Crippen molar-refractivity contribution in [3.05, 3.63) is 66.0 Å². The van der Waals surface area contributed by atoms with Crippen molar-refractivity contribution in [3.63, 3.8) is 0 Å². The number of benzene rings is 2. The topological polar surface area (TPSA) is 49.4 Å². The lowest BCUT2D eigenvalue weighted by atomic mass is 9.95. The Labute approximate surface area is 146 Å². The van der Waals surface area contributed by atoms with Gasteiger partial charge in [0.25, 0.3) is 0 Å². The molecule has 2 aromatic carbocycles. The average Bonchev–Trinajstić information content (AvgIpc) is 2.98. The number of nitrogens with zero attached hydrogens (tertiary/aromatic N) is 1. The minimum Gasteiger partial charge on any atom is -0.344 e. The molecule has 0 radical (unpaired) electrons. The van der Waals surface area contributed by atoms with Gasteiger partial charge in [-0.15, -0.1) is 0 Å². The Kier molecular flexibility index (Phi) is 5.12. The number of rotatable bonds is 5. The van der Waals surface area contributed by atoms with Crippen LogP contribution in [0.4, 0.5) is 10.1 Å². The van der Waals surface area contributed by atoms with Crippen LogP contribution in [0.15, 0.2) is 54.6 Å². The number of hydrogen-bond acceptors (Lipinski definition) is 2. The van der Waals surface area contributed by atoms with Crippen LogP contribution in [-0.4, -0.2) is 24.4 Å². The molecule has 1 N–H and O–H groups in total. The third kappa shape index (κ3) is 3.71.